The van der Waals surface area contributed by atoms with E-state index in [4.69, 9.17) is 0 Å². The summed E-state index contributed by atoms with van der Waals surface area (Å²) in [4.78, 5) is 10.6. The lowest BCUT2D eigenvalue weighted by Gasteiger charge is -2.09. The number of rotatable bonds is 3. The second-order valence-electron chi connectivity index (χ2n) is 2.21. The van der Waals surface area contributed by atoms with Gasteiger partial charge in [0.25, 0.3) is 0 Å². The van der Waals surface area contributed by atoms with Crippen molar-refractivity contribution in [3.05, 3.63) is 0 Å². The van der Waals surface area contributed by atoms with E-state index in [-0.39, 0.29) is 11.4 Å². The lowest BCUT2D eigenvalue weighted by Crippen LogP contribution is -2.37. The van der Waals surface area contributed by atoms with Crippen LogP contribution in [0.3, 0.4) is 0 Å². The SMILES string of the molecule is CCCNC1NC(=O)CS1. The van der Waals surface area contributed by atoms with E-state index in [1.807, 2.05) is 0 Å². The summed E-state index contributed by atoms with van der Waals surface area (Å²) in [6.45, 7) is 3.08. The van der Waals surface area contributed by atoms with Gasteiger partial charge < -0.3 is 5.32 Å². The zero-order chi connectivity index (χ0) is 7.40. The molecule has 1 rings (SSSR count). The fourth-order valence-electron chi connectivity index (χ4n) is 0.774. The molecule has 0 aliphatic carbocycles. The van der Waals surface area contributed by atoms with E-state index in [9.17, 15) is 4.79 Å². The van der Waals surface area contributed by atoms with Crippen LogP contribution in [-0.4, -0.2) is 23.7 Å². The minimum absolute atomic E-state index is 0.138. The molecule has 0 aromatic rings. The van der Waals surface area contributed by atoms with Crippen molar-refractivity contribution in [2.24, 2.45) is 0 Å². The fraction of sp³-hybridized carbons (Fsp3) is 0.833. The number of carbonyl (C=O) groups is 1. The third-order valence-corrected chi connectivity index (χ3v) is 2.30. The molecule has 2 N–H and O–H groups in total. The van der Waals surface area contributed by atoms with Crippen LogP contribution in [0.4, 0.5) is 0 Å². The molecule has 58 valence electrons. The summed E-state index contributed by atoms with van der Waals surface area (Å²) in [6, 6.07) is 0. The van der Waals surface area contributed by atoms with Crippen LogP contribution in [0.25, 0.3) is 0 Å². The molecule has 1 aliphatic heterocycles. The monoisotopic (exact) mass is 160 g/mol. The van der Waals surface area contributed by atoms with Gasteiger partial charge in [0, 0.05) is 0 Å². The average molecular weight is 160 g/mol. The van der Waals surface area contributed by atoms with Gasteiger partial charge in [0.2, 0.25) is 5.91 Å². The molecular weight excluding hydrogens is 148 g/mol. The Hall–Kier alpha value is -0.220. The van der Waals surface area contributed by atoms with E-state index in [1.54, 1.807) is 11.8 Å². The maximum Gasteiger partial charge on any atom is 0.231 e. The minimum Gasteiger partial charge on any atom is -0.331 e. The molecule has 0 spiro atoms. The first kappa shape index (κ1) is 7.88. The summed E-state index contributed by atoms with van der Waals surface area (Å²) in [5, 5.41) is 5.99. The van der Waals surface area contributed by atoms with Crippen LogP contribution in [0.5, 0.6) is 0 Å². The third-order valence-electron chi connectivity index (χ3n) is 1.25. The van der Waals surface area contributed by atoms with Gasteiger partial charge in [-0.15, -0.1) is 11.8 Å². The quantitative estimate of drug-likeness (QED) is 0.616. The van der Waals surface area contributed by atoms with Crippen molar-refractivity contribution in [3.63, 3.8) is 0 Å². The molecule has 0 saturated carbocycles. The van der Waals surface area contributed by atoms with Crippen LogP contribution in [-0.2, 0) is 4.79 Å². The van der Waals surface area contributed by atoms with Crippen LogP contribution in [0, 0.1) is 0 Å². The van der Waals surface area contributed by atoms with Crippen LogP contribution in [0.15, 0.2) is 0 Å². The van der Waals surface area contributed by atoms with E-state index < -0.39 is 0 Å². The zero-order valence-corrected chi connectivity index (χ0v) is 6.83. The molecule has 3 nitrogen and oxygen atoms in total. The number of hydrogen-bond acceptors (Lipinski definition) is 3. The van der Waals surface area contributed by atoms with Crippen molar-refractivity contribution in [1.82, 2.24) is 10.6 Å². The molecule has 0 aromatic heterocycles. The average Bonchev–Trinajstić information content (AvgIpc) is 2.31. The number of hydrogen-bond donors (Lipinski definition) is 2. The van der Waals surface area contributed by atoms with Gasteiger partial charge in [0.1, 0.15) is 5.50 Å². The van der Waals surface area contributed by atoms with Crippen LogP contribution in [0.1, 0.15) is 13.3 Å². The third kappa shape index (κ3) is 2.19. The topological polar surface area (TPSA) is 41.1 Å². The van der Waals surface area contributed by atoms with Gasteiger partial charge in [0.15, 0.2) is 0 Å². The molecule has 1 aliphatic rings. The van der Waals surface area contributed by atoms with Crippen molar-refractivity contribution < 1.29 is 4.79 Å². The van der Waals surface area contributed by atoms with Gasteiger partial charge in [-0.25, -0.2) is 0 Å². The molecule has 1 fully saturated rings. The van der Waals surface area contributed by atoms with Crippen molar-refractivity contribution in [3.8, 4) is 0 Å². The summed E-state index contributed by atoms with van der Waals surface area (Å²) in [5.74, 6) is 0.736. The van der Waals surface area contributed by atoms with Gasteiger partial charge in [0.05, 0.1) is 5.75 Å². The number of amides is 1. The molecular formula is C6H12N2OS. The van der Waals surface area contributed by atoms with Gasteiger partial charge in [-0.2, -0.15) is 0 Å². The minimum atomic E-state index is 0.138. The molecule has 10 heavy (non-hydrogen) atoms. The Morgan fingerprint density at radius 3 is 3.20 bits per heavy atom. The standard InChI is InChI=1S/C6H12N2OS/c1-2-3-7-6-8-5(9)4-10-6/h6-7H,2-4H2,1H3,(H,8,9). The van der Waals surface area contributed by atoms with E-state index in [1.165, 1.54) is 0 Å². The largest absolute Gasteiger partial charge is 0.331 e. The van der Waals surface area contributed by atoms with Gasteiger partial charge in [-0.05, 0) is 13.0 Å². The maximum absolute atomic E-state index is 10.6. The first-order valence-corrected chi connectivity index (χ1v) is 4.52. The zero-order valence-electron chi connectivity index (χ0n) is 6.02. The Morgan fingerprint density at radius 2 is 2.70 bits per heavy atom. The second-order valence-corrected chi connectivity index (χ2v) is 3.31. The summed E-state index contributed by atoms with van der Waals surface area (Å²) in [7, 11) is 0. The van der Waals surface area contributed by atoms with E-state index >= 15 is 0 Å². The smallest absolute Gasteiger partial charge is 0.231 e. The van der Waals surface area contributed by atoms with E-state index in [0.29, 0.717) is 5.75 Å². The molecule has 1 atom stereocenters. The van der Waals surface area contributed by atoms with Gasteiger partial charge in [-0.3, -0.25) is 10.1 Å². The van der Waals surface area contributed by atoms with Gasteiger partial charge >= 0.3 is 0 Å². The highest BCUT2D eigenvalue weighted by molar-refractivity contribution is 8.00. The Kier molecular flexibility index (Phi) is 3.02. The highest BCUT2D eigenvalue weighted by Crippen LogP contribution is 2.11. The van der Waals surface area contributed by atoms with Crippen molar-refractivity contribution in [2.45, 2.75) is 18.8 Å². The first-order valence-electron chi connectivity index (χ1n) is 3.47. The van der Waals surface area contributed by atoms with Crippen molar-refractivity contribution in [2.75, 3.05) is 12.3 Å². The number of carbonyl (C=O) groups excluding carboxylic acids is 1. The van der Waals surface area contributed by atoms with E-state index in [2.05, 4.69) is 17.6 Å². The van der Waals surface area contributed by atoms with Crippen molar-refractivity contribution in [1.29, 1.82) is 0 Å². The number of nitrogens with one attached hydrogen (secondary N) is 2. The molecule has 4 heteroatoms. The Labute approximate surface area is 64.9 Å². The van der Waals surface area contributed by atoms with Crippen LogP contribution >= 0.6 is 11.8 Å². The number of thioether (sulfide) groups is 1. The fourth-order valence-corrected chi connectivity index (χ4v) is 1.63. The normalized spacial score (nSPS) is 24.9. The van der Waals surface area contributed by atoms with Crippen molar-refractivity contribution >= 4 is 17.7 Å². The lowest BCUT2D eigenvalue weighted by molar-refractivity contribution is -0.118. The summed E-state index contributed by atoms with van der Waals surface area (Å²) in [6.07, 6.45) is 1.10. The Bertz CT molecular complexity index is 129. The molecule has 0 bridgehead atoms. The summed E-state index contributed by atoms with van der Waals surface area (Å²) in [5.41, 5.74) is 0.160. The molecule has 1 unspecified atom stereocenters. The highest BCUT2D eigenvalue weighted by atomic mass is 32.2. The Morgan fingerprint density at radius 1 is 1.90 bits per heavy atom. The predicted octanol–water partition coefficient (Wildman–Crippen LogP) is 0.133. The molecule has 1 amide bonds. The van der Waals surface area contributed by atoms with Crippen LogP contribution < -0.4 is 10.6 Å². The maximum atomic E-state index is 10.6. The van der Waals surface area contributed by atoms with Crippen LogP contribution in [0.2, 0.25) is 0 Å². The molecule has 0 aromatic carbocycles. The summed E-state index contributed by atoms with van der Waals surface area (Å²) < 4.78 is 0. The molecule has 1 saturated heterocycles. The highest BCUT2D eigenvalue weighted by Gasteiger charge is 2.19. The Balaban J connectivity index is 2.12. The van der Waals surface area contributed by atoms with Gasteiger partial charge in [-0.1, -0.05) is 6.92 Å². The first-order chi connectivity index (χ1) is 4.83. The second kappa shape index (κ2) is 3.83. The molecule has 0 radical (unpaired) electrons. The lowest BCUT2D eigenvalue weighted by atomic mass is 10.5. The van der Waals surface area contributed by atoms with E-state index in [0.717, 1.165) is 13.0 Å². The molecule has 1 heterocycles. The summed E-state index contributed by atoms with van der Waals surface area (Å²) >= 11 is 1.62. The predicted molar refractivity (Wildman–Crippen MR) is 42.7 cm³/mol.